The third-order valence-electron chi connectivity index (χ3n) is 2.73. The molecule has 0 aliphatic carbocycles. The third kappa shape index (κ3) is 3.52. The van der Waals surface area contributed by atoms with Crippen molar-refractivity contribution in [3.63, 3.8) is 0 Å². The highest BCUT2D eigenvalue weighted by molar-refractivity contribution is 5.98. The van der Waals surface area contributed by atoms with E-state index in [0.29, 0.717) is 0 Å². The van der Waals surface area contributed by atoms with E-state index in [9.17, 15) is 0 Å². The Kier molecular flexibility index (Phi) is 4.45. The SMILES string of the molecule is CN=C(c1ccccc1)N(C)/N=C/c1ccccc1. The van der Waals surface area contributed by atoms with E-state index in [1.165, 1.54) is 0 Å². The van der Waals surface area contributed by atoms with Crippen molar-refractivity contribution in [3.8, 4) is 0 Å². The molecule has 3 heteroatoms. The zero-order valence-corrected chi connectivity index (χ0v) is 11.2. The summed E-state index contributed by atoms with van der Waals surface area (Å²) in [5.41, 5.74) is 2.12. The Labute approximate surface area is 113 Å². The fraction of sp³-hybridized carbons (Fsp3) is 0.125. The Hall–Kier alpha value is -2.42. The Morgan fingerprint density at radius 3 is 2.11 bits per heavy atom. The van der Waals surface area contributed by atoms with E-state index in [4.69, 9.17) is 0 Å². The van der Waals surface area contributed by atoms with Crippen molar-refractivity contribution in [1.82, 2.24) is 5.01 Å². The minimum absolute atomic E-state index is 0.841. The lowest BCUT2D eigenvalue weighted by atomic mass is 10.2. The molecule has 0 aromatic heterocycles. The number of amidine groups is 1. The summed E-state index contributed by atoms with van der Waals surface area (Å²) in [7, 11) is 3.67. The van der Waals surface area contributed by atoms with E-state index in [-0.39, 0.29) is 0 Å². The van der Waals surface area contributed by atoms with Crippen LogP contribution in [0.25, 0.3) is 0 Å². The van der Waals surface area contributed by atoms with Gasteiger partial charge in [-0.3, -0.25) is 10.0 Å². The minimum Gasteiger partial charge on any atom is -0.270 e. The maximum absolute atomic E-state index is 4.42. The summed E-state index contributed by atoms with van der Waals surface area (Å²) >= 11 is 0. The van der Waals surface area contributed by atoms with E-state index in [2.05, 4.69) is 10.1 Å². The summed E-state index contributed by atoms with van der Waals surface area (Å²) in [6, 6.07) is 20.0. The number of hydrogen-bond acceptors (Lipinski definition) is 2. The smallest absolute Gasteiger partial charge is 0.150 e. The van der Waals surface area contributed by atoms with Gasteiger partial charge in [-0.15, -0.1) is 0 Å². The Bertz CT molecular complexity index is 559. The molecule has 0 radical (unpaired) electrons. The number of hydrazone groups is 1. The van der Waals surface area contributed by atoms with Crippen LogP contribution in [0, 0.1) is 0 Å². The molecule has 0 atom stereocenters. The lowest BCUT2D eigenvalue weighted by molar-refractivity contribution is 0.547. The van der Waals surface area contributed by atoms with Gasteiger partial charge < -0.3 is 0 Å². The van der Waals surface area contributed by atoms with E-state index in [1.807, 2.05) is 73.9 Å². The van der Waals surface area contributed by atoms with Crippen LogP contribution in [-0.4, -0.2) is 31.2 Å². The summed E-state index contributed by atoms with van der Waals surface area (Å²) in [6.45, 7) is 0. The lowest BCUT2D eigenvalue weighted by Crippen LogP contribution is -2.22. The van der Waals surface area contributed by atoms with Crippen LogP contribution in [-0.2, 0) is 0 Å². The predicted octanol–water partition coefficient (Wildman–Crippen LogP) is 3.03. The van der Waals surface area contributed by atoms with Crippen molar-refractivity contribution in [2.75, 3.05) is 14.1 Å². The van der Waals surface area contributed by atoms with Crippen LogP contribution in [0.5, 0.6) is 0 Å². The molecule has 2 aromatic carbocycles. The van der Waals surface area contributed by atoms with Crippen LogP contribution in [0.1, 0.15) is 11.1 Å². The van der Waals surface area contributed by atoms with Gasteiger partial charge in [-0.2, -0.15) is 5.10 Å². The quantitative estimate of drug-likeness (QED) is 0.468. The summed E-state index contributed by atoms with van der Waals surface area (Å²) in [5.74, 6) is 0.841. The summed E-state index contributed by atoms with van der Waals surface area (Å²) < 4.78 is 0. The van der Waals surface area contributed by atoms with Crippen LogP contribution in [0.3, 0.4) is 0 Å². The standard InChI is InChI=1S/C16H17N3/c1-17-16(15-11-7-4-8-12-15)19(2)18-13-14-9-5-3-6-10-14/h3-13H,1-2H3/b17-16?,18-13+. The largest absolute Gasteiger partial charge is 0.270 e. The van der Waals surface area contributed by atoms with Crippen LogP contribution in [0.2, 0.25) is 0 Å². The molecule has 96 valence electrons. The van der Waals surface area contributed by atoms with Gasteiger partial charge in [0.25, 0.3) is 0 Å². The van der Waals surface area contributed by atoms with Gasteiger partial charge in [0.15, 0.2) is 5.84 Å². The maximum atomic E-state index is 4.42. The fourth-order valence-electron chi connectivity index (χ4n) is 1.79. The Balaban J connectivity index is 2.15. The molecule has 0 amide bonds. The number of benzene rings is 2. The highest BCUT2D eigenvalue weighted by atomic mass is 15.5. The van der Waals surface area contributed by atoms with E-state index in [1.54, 1.807) is 12.1 Å². The molecule has 3 nitrogen and oxygen atoms in total. The van der Waals surface area contributed by atoms with Gasteiger partial charge >= 0.3 is 0 Å². The highest BCUT2D eigenvalue weighted by Crippen LogP contribution is 2.05. The van der Waals surface area contributed by atoms with E-state index >= 15 is 0 Å². The second-order valence-corrected chi connectivity index (χ2v) is 4.09. The predicted molar refractivity (Wildman–Crippen MR) is 80.7 cm³/mol. The first-order valence-corrected chi connectivity index (χ1v) is 6.16. The fourth-order valence-corrected chi connectivity index (χ4v) is 1.79. The molecule has 0 bridgehead atoms. The van der Waals surface area contributed by atoms with Crippen LogP contribution < -0.4 is 0 Å². The first-order chi connectivity index (χ1) is 9.31. The average molecular weight is 251 g/mol. The first-order valence-electron chi connectivity index (χ1n) is 6.16. The summed E-state index contributed by atoms with van der Waals surface area (Å²) in [4.78, 5) is 4.30. The van der Waals surface area contributed by atoms with Gasteiger partial charge in [-0.05, 0) is 5.56 Å². The first kappa shape index (κ1) is 13.0. The molecule has 0 unspecified atom stereocenters. The van der Waals surface area contributed by atoms with Crippen molar-refractivity contribution < 1.29 is 0 Å². The molecule has 0 saturated heterocycles. The molecule has 0 aliphatic rings. The molecule has 0 saturated carbocycles. The summed E-state index contributed by atoms with van der Waals surface area (Å²) in [6.07, 6.45) is 1.83. The molecule has 0 fully saturated rings. The Morgan fingerprint density at radius 2 is 1.53 bits per heavy atom. The monoisotopic (exact) mass is 251 g/mol. The van der Waals surface area contributed by atoms with Crippen molar-refractivity contribution in [2.24, 2.45) is 10.1 Å². The van der Waals surface area contributed by atoms with E-state index in [0.717, 1.165) is 17.0 Å². The molecule has 19 heavy (non-hydrogen) atoms. The molecule has 0 aliphatic heterocycles. The number of nitrogens with zero attached hydrogens (tertiary/aromatic N) is 3. The third-order valence-corrected chi connectivity index (χ3v) is 2.73. The van der Waals surface area contributed by atoms with Gasteiger partial charge in [-0.25, -0.2) is 0 Å². The lowest BCUT2D eigenvalue weighted by Gasteiger charge is -2.15. The molecule has 2 rings (SSSR count). The van der Waals surface area contributed by atoms with Crippen molar-refractivity contribution in [2.45, 2.75) is 0 Å². The number of rotatable bonds is 3. The maximum Gasteiger partial charge on any atom is 0.150 e. The second-order valence-electron chi connectivity index (χ2n) is 4.09. The average Bonchev–Trinajstić information content (AvgIpc) is 2.48. The molecule has 2 aromatic rings. The van der Waals surface area contributed by atoms with Crippen molar-refractivity contribution in [3.05, 3.63) is 71.8 Å². The van der Waals surface area contributed by atoms with Crippen molar-refractivity contribution in [1.29, 1.82) is 0 Å². The van der Waals surface area contributed by atoms with Gasteiger partial charge in [0.1, 0.15) is 0 Å². The number of aliphatic imine (C=N–C) groups is 1. The minimum atomic E-state index is 0.841. The van der Waals surface area contributed by atoms with Gasteiger partial charge in [0.05, 0.1) is 6.21 Å². The van der Waals surface area contributed by atoms with Crippen LogP contribution in [0.15, 0.2) is 70.8 Å². The highest BCUT2D eigenvalue weighted by Gasteiger charge is 2.06. The van der Waals surface area contributed by atoms with Gasteiger partial charge in [0.2, 0.25) is 0 Å². The molecular weight excluding hydrogens is 234 g/mol. The zero-order valence-electron chi connectivity index (χ0n) is 11.2. The molecular formula is C16H17N3. The van der Waals surface area contributed by atoms with Gasteiger partial charge in [-0.1, -0.05) is 60.7 Å². The topological polar surface area (TPSA) is 28.0 Å². The Morgan fingerprint density at radius 1 is 0.947 bits per heavy atom. The summed E-state index contributed by atoms with van der Waals surface area (Å²) in [5, 5.41) is 6.20. The molecule has 0 N–H and O–H groups in total. The van der Waals surface area contributed by atoms with Crippen LogP contribution >= 0.6 is 0 Å². The second kappa shape index (κ2) is 6.50. The van der Waals surface area contributed by atoms with Crippen molar-refractivity contribution >= 4 is 12.1 Å². The zero-order chi connectivity index (χ0) is 13.5. The normalized spacial score (nSPS) is 11.8. The van der Waals surface area contributed by atoms with Crippen LogP contribution in [0.4, 0.5) is 0 Å². The molecule has 0 spiro atoms. The molecule has 0 heterocycles. The van der Waals surface area contributed by atoms with Gasteiger partial charge in [0, 0.05) is 19.7 Å². The number of hydrogen-bond donors (Lipinski definition) is 0. The van der Waals surface area contributed by atoms with E-state index < -0.39 is 0 Å².